The van der Waals surface area contributed by atoms with E-state index in [9.17, 15) is 9.59 Å². The highest BCUT2D eigenvalue weighted by Crippen LogP contribution is 2.29. The smallest absolute Gasteiger partial charge is 0.311 e. The molecule has 0 saturated heterocycles. The van der Waals surface area contributed by atoms with Crippen molar-refractivity contribution >= 4 is 11.9 Å². The first-order valence-electron chi connectivity index (χ1n) is 10.2. The second kappa shape index (κ2) is 12.7. The molecule has 4 nitrogen and oxygen atoms in total. The zero-order chi connectivity index (χ0) is 20.0. The molecule has 0 saturated carbocycles. The predicted octanol–water partition coefficient (Wildman–Crippen LogP) is 5.94. The highest BCUT2D eigenvalue weighted by molar-refractivity contribution is 5.78. The maximum atomic E-state index is 12.2. The predicted molar refractivity (Wildman–Crippen MR) is 111 cm³/mol. The number of para-hydroxylation sites is 1. The minimum absolute atomic E-state index is 0.189. The molecule has 0 fully saturated rings. The largest absolute Gasteiger partial charge is 0.466 e. The molecule has 0 N–H and O–H groups in total. The third kappa shape index (κ3) is 7.95. The Morgan fingerprint density at radius 2 is 1.43 bits per heavy atom. The molecule has 2 aromatic rings. The van der Waals surface area contributed by atoms with Crippen LogP contribution in [0.15, 0.2) is 54.6 Å². The van der Waals surface area contributed by atoms with Gasteiger partial charge in [0.1, 0.15) is 5.75 Å². The number of benzene rings is 2. The van der Waals surface area contributed by atoms with Gasteiger partial charge >= 0.3 is 11.9 Å². The Kier molecular flexibility index (Phi) is 9.84. The molecule has 0 atom stereocenters. The fourth-order valence-corrected chi connectivity index (χ4v) is 2.93. The van der Waals surface area contributed by atoms with Gasteiger partial charge in [-0.1, -0.05) is 81.1 Å². The van der Waals surface area contributed by atoms with Crippen molar-refractivity contribution in [1.82, 2.24) is 0 Å². The third-order valence-electron chi connectivity index (χ3n) is 4.47. The molecule has 0 aliphatic carbocycles. The topological polar surface area (TPSA) is 52.6 Å². The van der Waals surface area contributed by atoms with E-state index in [-0.39, 0.29) is 24.8 Å². The minimum Gasteiger partial charge on any atom is -0.466 e. The van der Waals surface area contributed by atoms with Crippen LogP contribution in [0.2, 0.25) is 0 Å². The molecule has 2 rings (SSSR count). The van der Waals surface area contributed by atoms with Crippen molar-refractivity contribution in [1.29, 1.82) is 0 Å². The molecule has 2 aromatic carbocycles. The lowest BCUT2D eigenvalue weighted by Crippen LogP contribution is -2.11. The summed E-state index contributed by atoms with van der Waals surface area (Å²) in [7, 11) is 0. The fraction of sp³-hybridized carbons (Fsp3) is 0.417. The van der Waals surface area contributed by atoms with Gasteiger partial charge in [-0.05, 0) is 24.5 Å². The molecule has 0 bridgehead atoms. The van der Waals surface area contributed by atoms with Crippen LogP contribution in [-0.2, 0) is 14.3 Å². The van der Waals surface area contributed by atoms with Gasteiger partial charge in [0, 0.05) is 18.4 Å². The molecule has 0 heterocycles. The van der Waals surface area contributed by atoms with E-state index in [1.165, 1.54) is 19.3 Å². The van der Waals surface area contributed by atoms with Crippen LogP contribution in [0.3, 0.4) is 0 Å². The summed E-state index contributed by atoms with van der Waals surface area (Å²) in [6.45, 7) is 2.64. The lowest BCUT2D eigenvalue weighted by Gasteiger charge is -2.10. The summed E-state index contributed by atoms with van der Waals surface area (Å²) >= 11 is 0. The summed E-state index contributed by atoms with van der Waals surface area (Å²) in [6.07, 6.45) is 6.47. The molecule has 0 aliphatic rings. The van der Waals surface area contributed by atoms with Gasteiger partial charge in [-0.2, -0.15) is 0 Å². The highest BCUT2D eigenvalue weighted by atomic mass is 16.5. The van der Waals surface area contributed by atoms with Gasteiger partial charge in [0.2, 0.25) is 0 Å². The molecule has 0 amide bonds. The van der Waals surface area contributed by atoms with E-state index < -0.39 is 0 Å². The van der Waals surface area contributed by atoms with E-state index in [0.717, 1.165) is 24.0 Å². The Morgan fingerprint density at radius 3 is 2.21 bits per heavy atom. The van der Waals surface area contributed by atoms with Crippen LogP contribution < -0.4 is 4.74 Å². The molecule has 4 heteroatoms. The normalized spacial score (nSPS) is 10.5. The van der Waals surface area contributed by atoms with Gasteiger partial charge in [0.05, 0.1) is 6.61 Å². The Morgan fingerprint density at radius 1 is 0.750 bits per heavy atom. The quantitative estimate of drug-likeness (QED) is 0.259. The molecule has 150 valence electrons. The van der Waals surface area contributed by atoms with Crippen LogP contribution in [0.25, 0.3) is 11.1 Å². The van der Waals surface area contributed by atoms with Crippen LogP contribution in [-0.4, -0.2) is 18.5 Å². The number of unbranched alkanes of at least 4 members (excludes halogenated alkanes) is 4. The number of esters is 2. The van der Waals surface area contributed by atoms with Gasteiger partial charge in [0.15, 0.2) is 0 Å². The summed E-state index contributed by atoms with van der Waals surface area (Å²) in [5.41, 5.74) is 1.87. The number of carbonyl (C=O) groups is 2. The van der Waals surface area contributed by atoms with E-state index in [4.69, 9.17) is 9.47 Å². The zero-order valence-corrected chi connectivity index (χ0v) is 16.7. The standard InChI is InChI=1S/C24H30O4/c1-2-3-4-5-11-19-27-23(25)17-12-18-24(26)28-22-16-10-9-15-21(22)20-13-7-6-8-14-20/h6-10,13-16H,2-5,11-12,17-19H2,1H3. The molecule has 0 radical (unpaired) electrons. The van der Waals surface area contributed by atoms with E-state index in [2.05, 4.69) is 6.92 Å². The van der Waals surface area contributed by atoms with Crippen molar-refractivity contribution in [2.24, 2.45) is 0 Å². The Balaban J connectivity index is 1.70. The van der Waals surface area contributed by atoms with Crippen LogP contribution >= 0.6 is 0 Å². The first kappa shape index (κ1) is 21.7. The van der Waals surface area contributed by atoms with Crippen LogP contribution in [0.1, 0.15) is 58.3 Å². The number of hydrogen-bond acceptors (Lipinski definition) is 4. The Labute approximate surface area is 167 Å². The number of rotatable bonds is 12. The summed E-state index contributed by atoms with van der Waals surface area (Å²) in [6, 6.07) is 17.3. The Hall–Kier alpha value is -2.62. The van der Waals surface area contributed by atoms with E-state index in [1.807, 2.05) is 48.5 Å². The summed E-state index contributed by atoms with van der Waals surface area (Å²) in [4.78, 5) is 23.9. The fourth-order valence-electron chi connectivity index (χ4n) is 2.93. The summed E-state index contributed by atoms with van der Waals surface area (Å²) < 4.78 is 10.7. The molecular formula is C24H30O4. The molecule has 28 heavy (non-hydrogen) atoms. The van der Waals surface area contributed by atoms with Gasteiger partial charge in [-0.15, -0.1) is 0 Å². The van der Waals surface area contributed by atoms with E-state index >= 15 is 0 Å². The molecular weight excluding hydrogens is 352 g/mol. The van der Waals surface area contributed by atoms with Crippen molar-refractivity contribution < 1.29 is 19.1 Å². The second-order valence-corrected chi connectivity index (χ2v) is 6.82. The average molecular weight is 382 g/mol. The van der Waals surface area contributed by atoms with Crippen LogP contribution in [0.4, 0.5) is 0 Å². The first-order chi connectivity index (χ1) is 13.7. The number of hydrogen-bond donors (Lipinski definition) is 0. The van der Waals surface area contributed by atoms with Crippen molar-refractivity contribution in [3.8, 4) is 16.9 Å². The molecule has 0 spiro atoms. The Bertz CT molecular complexity index is 724. The number of ether oxygens (including phenoxy) is 2. The lowest BCUT2D eigenvalue weighted by molar-refractivity contribution is -0.144. The summed E-state index contributed by atoms with van der Waals surface area (Å²) in [5.74, 6) is -0.0444. The van der Waals surface area contributed by atoms with Gasteiger partial charge < -0.3 is 9.47 Å². The number of carbonyl (C=O) groups excluding carboxylic acids is 2. The molecule has 0 unspecified atom stereocenters. The maximum absolute atomic E-state index is 12.2. The first-order valence-corrected chi connectivity index (χ1v) is 10.2. The van der Waals surface area contributed by atoms with Gasteiger partial charge in [0.25, 0.3) is 0 Å². The van der Waals surface area contributed by atoms with Crippen molar-refractivity contribution in [2.45, 2.75) is 58.3 Å². The minimum atomic E-state index is -0.337. The second-order valence-electron chi connectivity index (χ2n) is 6.82. The zero-order valence-electron chi connectivity index (χ0n) is 16.7. The van der Waals surface area contributed by atoms with Crippen LogP contribution in [0.5, 0.6) is 5.75 Å². The van der Waals surface area contributed by atoms with Crippen molar-refractivity contribution in [3.63, 3.8) is 0 Å². The maximum Gasteiger partial charge on any atom is 0.311 e. The van der Waals surface area contributed by atoms with Gasteiger partial charge in [-0.25, -0.2) is 0 Å². The third-order valence-corrected chi connectivity index (χ3v) is 4.47. The van der Waals surface area contributed by atoms with Crippen LogP contribution in [0, 0.1) is 0 Å². The SMILES string of the molecule is CCCCCCCOC(=O)CCCC(=O)Oc1ccccc1-c1ccccc1. The highest BCUT2D eigenvalue weighted by Gasteiger charge is 2.11. The van der Waals surface area contributed by atoms with Crippen molar-refractivity contribution in [3.05, 3.63) is 54.6 Å². The van der Waals surface area contributed by atoms with Gasteiger partial charge in [-0.3, -0.25) is 9.59 Å². The molecule has 0 aromatic heterocycles. The molecule has 0 aliphatic heterocycles. The average Bonchev–Trinajstić information content (AvgIpc) is 2.71. The monoisotopic (exact) mass is 382 g/mol. The van der Waals surface area contributed by atoms with E-state index in [1.54, 1.807) is 6.07 Å². The lowest BCUT2D eigenvalue weighted by atomic mass is 10.1. The van der Waals surface area contributed by atoms with Crippen molar-refractivity contribution in [2.75, 3.05) is 6.61 Å². The summed E-state index contributed by atoms with van der Waals surface area (Å²) in [5, 5.41) is 0. The van der Waals surface area contributed by atoms with E-state index in [0.29, 0.717) is 18.8 Å².